The Bertz CT molecular complexity index is 920. The SMILES string of the molecule is CCOc1cc(/C=N\NC(=O)COc2ccc(C3SCCS3)cc2)c(Br)c(Br)c1O. The zero-order chi connectivity index (χ0) is 21.5. The fourth-order valence-corrected chi connectivity index (χ4v) is 6.29. The predicted octanol–water partition coefficient (Wildman–Crippen LogP) is 5.32. The molecule has 3 rings (SSSR count). The molecule has 0 bridgehead atoms. The third kappa shape index (κ3) is 6.09. The molecule has 1 aliphatic rings. The van der Waals surface area contributed by atoms with Gasteiger partial charge in [0.1, 0.15) is 5.75 Å². The van der Waals surface area contributed by atoms with E-state index in [1.807, 2.05) is 54.7 Å². The number of nitrogens with zero attached hydrogens (tertiary/aromatic N) is 1. The molecule has 0 radical (unpaired) electrons. The molecule has 1 fully saturated rings. The summed E-state index contributed by atoms with van der Waals surface area (Å²) in [7, 11) is 0. The molecule has 1 aliphatic heterocycles. The summed E-state index contributed by atoms with van der Waals surface area (Å²) in [6.07, 6.45) is 1.46. The quantitative estimate of drug-likeness (QED) is 0.327. The van der Waals surface area contributed by atoms with Gasteiger partial charge in [0, 0.05) is 21.5 Å². The van der Waals surface area contributed by atoms with Gasteiger partial charge in [-0.1, -0.05) is 12.1 Å². The molecule has 6 nitrogen and oxygen atoms in total. The van der Waals surface area contributed by atoms with Crippen LogP contribution in [0.4, 0.5) is 0 Å². The Kier molecular flexibility index (Phi) is 8.79. The molecular weight excluding hydrogens is 556 g/mol. The van der Waals surface area contributed by atoms with Crippen molar-refractivity contribution in [3.05, 3.63) is 50.4 Å². The molecule has 30 heavy (non-hydrogen) atoms. The van der Waals surface area contributed by atoms with Crippen LogP contribution >= 0.6 is 55.4 Å². The molecule has 0 atom stereocenters. The molecule has 1 saturated heterocycles. The highest BCUT2D eigenvalue weighted by molar-refractivity contribution is 9.13. The van der Waals surface area contributed by atoms with Crippen molar-refractivity contribution in [2.75, 3.05) is 24.7 Å². The first-order chi connectivity index (χ1) is 14.5. The number of hydrogen-bond donors (Lipinski definition) is 2. The highest BCUT2D eigenvalue weighted by Crippen LogP contribution is 2.45. The van der Waals surface area contributed by atoms with Crippen molar-refractivity contribution in [2.24, 2.45) is 5.10 Å². The van der Waals surface area contributed by atoms with Gasteiger partial charge in [-0.3, -0.25) is 4.79 Å². The number of benzene rings is 2. The number of hydrogen-bond acceptors (Lipinski definition) is 7. The van der Waals surface area contributed by atoms with Crippen LogP contribution in [0.25, 0.3) is 0 Å². The molecule has 2 aromatic rings. The molecule has 10 heteroatoms. The summed E-state index contributed by atoms with van der Waals surface area (Å²) in [5.74, 6) is 2.93. The molecule has 0 aromatic heterocycles. The van der Waals surface area contributed by atoms with E-state index in [0.29, 0.717) is 37.2 Å². The van der Waals surface area contributed by atoms with Crippen LogP contribution in [0.1, 0.15) is 22.6 Å². The number of amides is 1. The lowest BCUT2D eigenvalue weighted by Crippen LogP contribution is -2.24. The van der Waals surface area contributed by atoms with Crippen molar-refractivity contribution in [3.8, 4) is 17.2 Å². The van der Waals surface area contributed by atoms with Gasteiger partial charge in [-0.25, -0.2) is 5.43 Å². The summed E-state index contributed by atoms with van der Waals surface area (Å²) >= 11 is 10.6. The first-order valence-corrected chi connectivity index (χ1v) is 12.8. The van der Waals surface area contributed by atoms with E-state index in [2.05, 4.69) is 42.4 Å². The minimum atomic E-state index is -0.378. The monoisotopic (exact) mass is 574 g/mol. The maximum atomic E-state index is 12.0. The lowest BCUT2D eigenvalue weighted by Gasteiger charge is -2.11. The second-order valence-electron chi connectivity index (χ2n) is 6.10. The van der Waals surface area contributed by atoms with E-state index in [1.54, 1.807) is 6.07 Å². The molecule has 0 aliphatic carbocycles. The summed E-state index contributed by atoms with van der Waals surface area (Å²) in [6, 6.07) is 9.47. The lowest BCUT2D eigenvalue weighted by atomic mass is 10.2. The maximum absolute atomic E-state index is 12.0. The van der Waals surface area contributed by atoms with E-state index in [0.717, 1.165) is 0 Å². The summed E-state index contributed by atoms with van der Waals surface area (Å²) < 4.78 is 12.5. The van der Waals surface area contributed by atoms with Gasteiger partial charge < -0.3 is 14.6 Å². The van der Waals surface area contributed by atoms with Crippen LogP contribution in [0.5, 0.6) is 17.2 Å². The molecular formula is C20H20Br2N2O4S2. The number of ether oxygens (including phenoxy) is 2. The zero-order valence-electron chi connectivity index (χ0n) is 16.1. The predicted molar refractivity (Wildman–Crippen MR) is 130 cm³/mol. The van der Waals surface area contributed by atoms with Gasteiger partial charge in [-0.15, -0.1) is 23.5 Å². The summed E-state index contributed by atoms with van der Waals surface area (Å²) in [6.45, 7) is 2.09. The second kappa shape index (κ2) is 11.3. The Balaban J connectivity index is 1.52. The van der Waals surface area contributed by atoms with Crippen molar-refractivity contribution in [3.63, 3.8) is 0 Å². The maximum Gasteiger partial charge on any atom is 0.277 e. The minimum absolute atomic E-state index is 0.00514. The molecule has 0 unspecified atom stereocenters. The van der Waals surface area contributed by atoms with Gasteiger partial charge >= 0.3 is 0 Å². The molecule has 1 heterocycles. The van der Waals surface area contributed by atoms with Crippen LogP contribution in [-0.4, -0.2) is 41.9 Å². The Morgan fingerprint density at radius 2 is 1.93 bits per heavy atom. The molecule has 2 N–H and O–H groups in total. The molecule has 160 valence electrons. The fourth-order valence-electron chi connectivity index (χ4n) is 2.60. The first kappa shape index (κ1) is 23.3. The van der Waals surface area contributed by atoms with E-state index in [-0.39, 0.29) is 18.3 Å². The Hall–Kier alpha value is -1.36. The molecule has 0 saturated carbocycles. The molecule has 0 spiro atoms. The van der Waals surface area contributed by atoms with Crippen LogP contribution in [0.2, 0.25) is 0 Å². The van der Waals surface area contributed by atoms with Gasteiger partial charge in [0.2, 0.25) is 0 Å². The van der Waals surface area contributed by atoms with Crippen molar-refractivity contribution in [2.45, 2.75) is 11.5 Å². The highest BCUT2D eigenvalue weighted by Gasteiger charge is 2.18. The number of carbonyl (C=O) groups excluding carboxylic acids is 1. The van der Waals surface area contributed by atoms with Gasteiger partial charge in [0.15, 0.2) is 18.1 Å². The van der Waals surface area contributed by atoms with Crippen LogP contribution < -0.4 is 14.9 Å². The van der Waals surface area contributed by atoms with Crippen LogP contribution in [-0.2, 0) is 4.79 Å². The third-order valence-corrected chi connectivity index (χ3v) is 9.27. The topological polar surface area (TPSA) is 80.2 Å². The van der Waals surface area contributed by atoms with E-state index < -0.39 is 0 Å². The van der Waals surface area contributed by atoms with Crippen LogP contribution in [0, 0.1) is 0 Å². The number of carbonyl (C=O) groups is 1. The average molecular weight is 576 g/mol. The van der Waals surface area contributed by atoms with Crippen molar-refractivity contribution in [1.82, 2.24) is 5.43 Å². The largest absolute Gasteiger partial charge is 0.503 e. The number of halogens is 2. The minimum Gasteiger partial charge on any atom is -0.503 e. The van der Waals surface area contributed by atoms with E-state index in [1.165, 1.54) is 23.3 Å². The zero-order valence-corrected chi connectivity index (χ0v) is 20.9. The Morgan fingerprint density at radius 3 is 2.60 bits per heavy atom. The number of phenolic OH excluding ortho intramolecular Hbond substituents is 1. The number of phenols is 1. The lowest BCUT2D eigenvalue weighted by molar-refractivity contribution is -0.123. The number of hydrazone groups is 1. The number of rotatable bonds is 8. The average Bonchev–Trinajstić information content (AvgIpc) is 3.29. The van der Waals surface area contributed by atoms with Crippen molar-refractivity contribution in [1.29, 1.82) is 0 Å². The van der Waals surface area contributed by atoms with Gasteiger partial charge in [-0.2, -0.15) is 5.10 Å². The van der Waals surface area contributed by atoms with Gasteiger partial charge in [0.25, 0.3) is 5.91 Å². The first-order valence-electron chi connectivity index (χ1n) is 9.11. The van der Waals surface area contributed by atoms with E-state index in [4.69, 9.17) is 9.47 Å². The number of thioether (sulfide) groups is 2. The highest BCUT2D eigenvalue weighted by atomic mass is 79.9. The van der Waals surface area contributed by atoms with Crippen molar-refractivity contribution < 1.29 is 19.4 Å². The van der Waals surface area contributed by atoms with E-state index in [9.17, 15) is 9.90 Å². The Morgan fingerprint density at radius 1 is 1.23 bits per heavy atom. The molecule has 1 amide bonds. The van der Waals surface area contributed by atoms with Crippen LogP contribution in [0.3, 0.4) is 0 Å². The molecule has 2 aromatic carbocycles. The normalized spacial score (nSPS) is 14.2. The van der Waals surface area contributed by atoms with Gasteiger partial charge in [-0.05, 0) is 62.5 Å². The third-order valence-electron chi connectivity index (χ3n) is 4.01. The number of aromatic hydroxyl groups is 1. The van der Waals surface area contributed by atoms with Crippen LogP contribution in [0.15, 0.2) is 44.4 Å². The summed E-state index contributed by atoms with van der Waals surface area (Å²) in [5.41, 5.74) is 4.32. The second-order valence-corrected chi connectivity index (χ2v) is 10.4. The fraction of sp³-hybridized carbons (Fsp3) is 0.300. The summed E-state index contributed by atoms with van der Waals surface area (Å²) in [5, 5.41) is 14.0. The van der Waals surface area contributed by atoms with Crippen molar-refractivity contribution >= 4 is 67.5 Å². The number of nitrogens with one attached hydrogen (secondary N) is 1. The summed E-state index contributed by atoms with van der Waals surface area (Å²) in [4.78, 5) is 12.0. The Labute approximate surface area is 200 Å². The van der Waals surface area contributed by atoms with E-state index >= 15 is 0 Å². The van der Waals surface area contributed by atoms with Gasteiger partial charge in [0.05, 0.1) is 21.9 Å². The standard InChI is InChI=1S/C20H20Br2N2O4S2/c1-2-27-15-9-13(17(21)18(22)19(15)26)10-23-24-16(25)11-28-14-5-3-12(4-6-14)20-29-7-8-30-20/h3-6,9-10,20,26H,2,7-8,11H2,1H3,(H,24,25)/b23-10-. The smallest absolute Gasteiger partial charge is 0.277 e.